The molecule has 28 heavy (non-hydrogen) atoms. The van der Waals surface area contributed by atoms with Crippen molar-refractivity contribution in [2.45, 2.75) is 38.3 Å². The predicted octanol–water partition coefficient (Wildman–Crippen LogP) is 3.16. The maximum Gasteiger partial charge on any atom is 0.237 e. The number of rotatable bonds is 5. The predicted molar refractivity (Wildman–Crippen MR) is 118 cm³/mol. The minimum Gasteiger partial charge on any atom is -0.354 e. The van der Waals surface area contributed by atoms with Crippen molar-refractivity contribution >= 4 is 41.6 Å². The number of fused-ring (bicyclic) bond motifs is 1. The van der Waals surface area contributed by atoms with E-state index in [1.165, 1.54) is 18.2 Å². The van der Waals surface area contributed by atoms with Crippen LogP contribution in [0.15, 0.2) is 36.4 Å². The van der Waals surface area contributed by atoms with E-state index in [4.69, 9.17) is 4.98 Å². The van der Waals surface area contributed by atoms with Gasteiger partial charge in [-0.3, -0.25) is 14.7 Å². The zero-order valence-electron chi connectivity index (χ0n) is 16.1. The number of carbonyl (C=O) groups excluding carboxylic acids is 1. The van der Waals surface area contributed by atoms with Crippen molar-refractivity contribution in [2.75, 3.05) is 26.2 Å². The zero-order chi connectivity index (χ0) is 17.8. The molecule has 5 nitrogen and oxygen atoms in total. The Bertz CT molecular complexity index is 767. The smallest absolute Gasteiger partial charge is 0.237 e. The van der Waals surface area contributed by atoms with E-state index >= 15 is 0 Å². The Kier molecular flexibility index (Phi) is 8.96. The third-order valence-corrected chi connectivity index (χ3v) is 5.59. The van der Waals surface area contributed by atoms with Crippen molar-refractivity contribution in [1.82, 2.24) is 20.5 Å². The van der Waals surface area contributed by atoms with Crippen LogP contribution < -0.4 is 10.6 Å². The minimum absolute atomic E-state index is 0. The number of halogens is 2. The molecule has 4 rings (SSSR count). The lowest BCUT2D eigenvalue weighted by atomic mass is 9.97. The van der Waals surface area contributed by atoms with Gasteiger partial charge in [0.05, 0.1) is 17.3 Å². The first kappa shape index (κ1) is 22.9. The minimum atomic E-state index is 0. The monoisotopic (exact) mass is 424 g/mol. The van der Waals surface area contributed by atoms with Gasteiger partial charge in [-0.2, -0.15) is 0 Å². The molecule has 2 unspecified atom stereocenters. The molecule has 0 aliphatic carbocycles. The van der Waals surface area contributed by atoms with Crippen LogP contribution in [0.3, 0.4) is 0 Å². The summed E-state index contributed by atoms with van der Waals surface area (Å²) in [6, 6.07) is 12.6. The van der Waals surface area contributed by atoms with Crippen molar-refractivity contribution in [3.05, 3.63) is 42.1 Å². The molecule has 1 aromatic heterocycles. The third-order valence-electron chi connectivity index (χ3n) is 5.59. The van der Waals surface area contributed by atoms with Gasteiger partial charge in [0.2, 0.25) is 5.91 Å². The quantitative estimate of drug-likeness (QED) is 0.773. The molecule has 3 heterocycles. The highest BCUT2D eigenvalue weighted by atomic mass is 35.5. The van der Waals surface area contributed by atoms with Gasteiger partial charge in [-0.05, 0) is 56.8 Å². The van der Waals surface area contributed by atoms with Crippen molar-refractivity contribution in [2.24, 2.45) is 5.92 Å². The first-order valence-electron chi connectivity index (χ1n) is 9.86. The van der Waals surface area contributed by atoms with E-state index in [9.17, 15) is 4.79 Å². The van der Waals surface area contributed by atoms with E-state index in [0.29, 0.717) is 5.92 Å². The van der Waals surface area contributed by atoms with Gasteiger partial charge in [0.25, 0.3) is 0 Å². The van der Waals surface area contributed by atoms with E-state index in [1.54, 1.807) is 0 Å². The van der Waals surface area contributed by atoms with E-state index in [-0.39, 0.29) is 36.8 Å². The summed E-state index contributed by atoms with van der Waals surface area (Å²) >= 11 is 0. The lowest BCUT2D eigenvalue weighted by molar-refractivity contribution is -0.123. The summed E-state index contributed by atoms with van der Waals surface area (Å²) in [7, 11) is 0. The Morgan fingerprint density at radius 1 is 1.14 bits per heavy atom. The number of nitrogens with one attached hydrogen (secondary N) is 2. The Morgan fingerprint density at radius 2 is 2.00 bits per heavy atom. The molecule has 0 spiro atoms. The van der Waals surface area contributed by atoms with Crippen molar-refractivity contribution in [1.29, 1.82) is 0 Å². The lowest BCUT2D eigenvalue weighted by Crippen LogP contribution is -2.45. The lowest BCUT2D eigenvalue weighted by Gasteiger charge is -2.32. The van der Waals surface area contributed by atoms with Crippen LogP contribution in [-0.2, 0) is 11.3 Å². The van der Waals surface area contributed by atoms with Crippen LogP contribution in [0.1, 0.15) is 31.4 Å². The van der Waals surface area contributed by atoms with Gasteiger partial charge in [0, 0.05) is 25.0 Å². The van der Waals surface area contributed by atoms with Crippen LogP contribution in [0.2, 0.25) is 0 Å². The summed E-state index contributed by atoms with van der Waals surface area (Å²) in [4.78, 5) is 19.5. The summed E-state index contributed by atoms with van der Waals surface area (Å²) in [6.45, 7) is 4.79. The number of piperidine rings is 1. The fourth-order valence-electron chi connectivity index (χ4n) is 4.16. The first-order valence-corrected chi connectivity index (χ1v) is 9.86. The molecule has 2 aliphatic heterocycles. The molecule has 154 valence electrons. The van der Waals surface area contributed by atoms with E-state index in [1.807, 2.05) is 12.1 Å². The molecule has 2 N–H and O–H groups in total. The number of pyridine rings is 1. The second kappa shape index (κ2) is 11.0. The van der Waals surface area contributed by atoms with Gasteiger partial charge in [0.1, 0.15) is 0 Å². The molecule has 2 fully saturated rings. The number of para-hydroxylation sites is 1. The normalized spacial score (nSPS) is 22.3. The van der Waals surface area contributed by atoms with Crippen molar-refractivity contribution < 1.29 is 4.79 Å². The van der Waals surface area contributed by atoms with Crippen LogP contribution >= 0.6 is 24.8 Å². The molecule has 2 aromatic rings. The van der Waals surface area contributed by atoms with E-state index < -0.39 is 0 Å². The highest BCUT2D eigenvalue weighted by molar-refractivity contribution is 5.85. The van der Waals surface area contributed by atoms with E-state index in [2.05, 4.69) is 39.8 Å². The Labute approximate surface area is 179 Å². The van der Waals surface area contributed by atoms with Gasteiger partial charge < -0.3 is 10.6 Å². The average molecular weight is 425 g/mol. The molecular formula is C21H30Cl2N4O. The Hall–Kier alpha value is -1.40. The first-order chi connectivity index (χ1) is 12.8. The van der Waals surface area contributed by atoms with Crippen molar-refractivity contribution in [3.8, 4) is 0 Å². The Balaban J connectivity index is 0.00000140. The molecule has 2 saturated heterocycles. The van der Waals surface area contributed by atoms with Gasteiger partial charge in [-0.15, -0.1) is 24.8 Å². The number of aromatic nitrogens is 1. The standard InChI is InChI=1S/C21H28N4O.2ClH/c26-21(20-8-3-11-22-20)23-13-16-5-4-12-25(14-16)15-18-10-9-17-6-1-2-7-19(17)24-18;;/h1-2,6-7,9-10,16,20,22H,3-5,8,11-15H2,(H,23,26);2*1H. The fourth-order valence-corrected chi connectivity index (χ4v) is 4.16. The number of likely N-dealkylation sites (tertiary alicyclic amines) is 1. The third kappa shape index (κ3) is 5.80. The molecule has 1 aromatic carbocycles. The molecule has 2 atom stereocenters. The summed E-state index contributed by atoms with van der Waals surface area (Å²) in [6.07, 6.45) is 4.46. The van der Waals surface area contributed by atoms with Gasteiger partial charge in [-0.1, -0.05) is 24.3 Å². The number of hydrogen-bond donors (Lipinski definition) is 2. The highest BCUT2D eigenvalue weighted by Crippen LogP contribution is 2.19. The van der Waals surface area contributed by atoms with Crippen LogP contribution in [0, 0.1) is 5.92 Å². The molecule has 1 amide bonds. The summed E-state index contributed by atoms with van der Waals surface area (Å²) < 4.78 is 0. The molecule has 0 saturated carbocycles. The van der Waals surface area contributed by atoms with Gasteiger partial charge in [0.15, 0.2) is 0 Å². The molecular weight excluding hydrogens is 395 g/mol. The number of amides is 1. The van der Waals surface area contributed by atoms with Crippen molar-refractivity contribution in [3.63, 3.8) is 0 Å². The number of hydrogen-bond acceptors (Lipinski definition) is 4. The summed E-state index contributed by atoms with van der Waals surface area (Å²) in [5, 5.41) is 7.62. The number of benzene rings is 1. The zero-order valence-corrected chi connectivity index (χ0v) is 17.7. The topological polar surface area (TPSA) is 57.3 Å². The average Bonchev–Trinajstić information content (AvgIpc) is 3.21. The molecule has 2 aliphatic rings. The van der Waals surface area contributed by atoms with Gasteiger partial charge >= 0.3 is 0 Å². The van der Waals surface area contributed by atoms with Crippen LogP contribution in [0.4, 0.5) is 0 Å². The van der Waals surface area contributed by atoms with Crippen LogP contribution in [-0.4, -0.2) is 48.0 Å². The summed E-state index contributed by atoms with van der Waals surface area (Å²) in [5.41, 5.74) is 2.19. The SMILES string of the molecule is Cl.Cl.O=C(NCC1CCCN(Cc2ccc3ccccc3n2)C1)C1CCCN1. The van der Waals surface area contributed by atoms with Gasteiger partial charge in [-0.25, -0.2) is 0 Å². The Morgan fingerprint density at radius 3 is 2.82 bits per heavy atom. The maximum absolute atomic E-state index is 12.2. The second-order valence-electron chi connectivity index (χ2n) is 7.63. The number of carbonyl (C=O) groups is 1. The number of nitrogens with zero attached hydrogens (tertiary/aromatic N) is 2. The second-order valence-corrected chi connectivity index (χ2v) is 7.63. The van der Waals surface area contributed by atoms with E-state index in [0.717, 1.165) is 56.8 Å². The molecule has 0 bridgehead atoms. The molecule has 7 heteroatoms. The highest BCUT2D eigenvalue weighted by Gasteiger charge is 2.24. The summed E-state index contributed by atoms with van der Waals surface area (Å²) in [5.74, 6) is 0.713. The molecule has 0 radical (unpaired) electrons. The largest absolute Gasteiger partial charge is 0.354 e. The fraction of sp³-hybridized carbons (Fsp3) is 0.524. The maximum atomic E-state index is 12.2. The van der Waals surface area contributed by atoms with Crippen LogP contribution in [0.25, 0.3) is 10.9 Å². The van der Waals surface area contributed by atoms with Crippen LogP contribution in [0.5, 0.6) is 0 Å².